The monoisotopic (exact) mass is 296 g/mol. The molecule has 0 aromatic heterocycles. The molecule has 0 unspecified atom stereocenters. The van der Waals surface area contributed by atoms with Gasteiger partial charge in [-0.05, 0) is 37.1 Å². The molecule has 0 heterocycles. The lowest BCUT2D eigenvalue weighted by atomic mass is 10.0. The molecule has 22 heavy (non-hydrogen) atoms. The molecule has 2 aromatic rings. The first-order chi connectivity index (χ1) is 10.5. The molecule has 0 fully saturated rings. The lowest BCUT2D eigenvalue weighted by Crippen LogP contribution is -2.46. The van der Waals surface area contributed by atoms with Gasteiger partial charge in [0.15, 0.2) is 0 Å². The zero-order valence-electron chi connectivity index (χ0n) is 13.0. The number of hydrogen-bond acceptors (Lipinski definition) is 2. The van der Waals surface area contributed by atoms with Crippen LogP contribution in [0.1, 0.15) is 24.2 Å². The minimum Gasteiger partial charge on any atom is -0.341 e. The Morgan fingerprint density at radius 1 is 0.909 bits per heavy atom. The molecule has 0 aliphatic heterocycles. The largest absolute Gasteiger partial charge is 0.341 e. The van der Waals surface area contributed by atoms with E-state index in [0.717, 1.165) is 11.1 Å². The van der Waals surface area contributed by atoms with Crippen LogP contribution in [-0.2, 0) is 0 Å². The Hall–Kier alpha value is -2.62. The molecule has 3 amide bonds. The summed E-state index contributed by atoms with van der Waals surface area (Å²) in [4.78, 5) is 25.6. The van der Waals surface area contributed by atoms with Crippen LogP contribution in [0.25, 0.3) is 11.1 Å². The minimum atomic E-state index is -0.396. The van der Waals surface area contributed by atoms with Crippen molar-refractivity contribution >= 4 is 11.9 Å². The van der Waals surface area contributed by atoms with Crippen LogP contribution in [-0.4, -0.2) is 29.9 Å². The third kappa shape index (κ3) is 3.34. The number of imide groups is 1. The van der Waals surface area contributed by atoms with Gasteiger partial charge in [0.2, 0.25) is 0 Å². The van der Waals surface area contributed by atoms with Gasteiger partial charge in [-0.2, -0.15) is 0 Å². The third-order valence-electron chi connectivity index (χ3n) is 3.41. The minimum absolute atomic E-state index is 0.207. The molecule has 4 heteroatoms. The second-order valence-electron chi connectivity index (χ2n) is 5.27. The summed E-state index contributed by atoms with van der Waals surface area (Å²) in [6.07, 6.45) is 0. The van der Waals surface area contributed by atoms with E-state index < -0.39 is 6.03 Å². The molecule has 0 saturated carbocycles. The SMILES string of the molecule is CNC(=O)N(C(=O)c1ccc(-c2ccccc2)cc1)C(C)C. The number of urea groups is 1. The highest BCUT2D eigenvalue weighted by Crippen LogP contribution is 2.20. The summed E-state index contributed by atoms with van der Waals surface area (Å²) >= 11 is 0. The zero-order valence-corrected chi connectivity index (χ0v) is 13.0. The van der Waals surface area contributed by atoms with Gasteiger partial charge in [0.05, 0.1) is 0 Å². The Kier molecular flexibility index (Phi) is 4.94. The van der Waals surface area contributed by atoms with E-state index in [4.69, 9.17) is 0 Å². The van der Waals surface area contributed by atoms with Crippen molar-refractivity contribution in [3.8, 4) is 11.1 Å². The van der Waals surface area contributed by atoms with Crippen molar-refractivity contribution in [1.82, 2.24) is 10.2 Å². The molecule has 2 aromatic carbocycles. The molecule has 4 nitrogen and oxygen atoms in total. The molecular weight excluding hydrogens is 276 g/mol. The van der Waals surface area contributed by atoms with Gasteiger partial charge < -0.3 is 5.32 Å². The van der Waals surface area contributed by atoms with Crippen LogP contribution in [0.5, 0.6) is 0 Å². The third-order valence-corrected chi connectivity index (χ3v) is 3.41. The number of rotatable bonds is 3. The van der Waals surface area contributed by atoms with E-state index >= 15 is 0 Å². The fourth-order valence-corrected chi connectivity index (χ4v) is 2.26. The summed E-state index contributed by atoms with van der Waals surface area (Å²) in [6, 6.07) is 16.6. The first kappa shape index (κ1) is 15.8. The first-order valence-electron chi connectivity index (χ1n) is 7.25. The van der Waals surface area contributed by atoms with E-state index in [0.29, 0.717) is 5.56 Å². The zero-order chi connectivity index (χ0) is 16.1. The molecule has 0 saturated heterocycles. The number of hydrogen-bond donors (Lipinski definition) is 1. The molecule has 0 radical (unpaired) electrons. The van der Waals surface area contributed by atoms with Crippen LogP contribution in [0.3, 0.4) is 0 Å². The molecule has 1 N–H and O–H groups in total. The van der Waals surface area contributed by atoms with Gasteiger partial charge in [0, 0.05) is 18.7 Å². The quantitative estimate of drug-likeness (QED) is 0.941. The fourth-order valence-electron chi connectivity index (χ4n) is 2.26. The van der Waals surface area contributed by atoms with Crippen LogP contribution in [0.15, 0.2) is 54.6 Å². The van der Waals surface area contributed by atoms with Crippen molar-refractivity contribution in [1.29, 1.82) is 0 Å². The summed E-state index contributed by atoms with van der Waals surface area (Å²) < 4.78 is 0. The van der Waals surface area contributed by atoms with Crippen LogP contribution >= 0.6 is 0 Å². The van der Waals surface area contributed by atoms with Gasteiger partial charge in [0.1, 0.15) is 0 Å². The predicted octanol–water partition coefficient (Wildman–Crippen LogP) is 3.54. The predicted molar refractivity (Wildman–Crippen MR) is 87.6 cm³/mol. The van der Waals surface area contributed by atoms with E-state index in [2.05, 4.69) is 5.32 Å². The van der Waals surface area contributed by atoms with Crippen LogP contribution in [0.4, 0.5) is 4.79 Å². The topological polar surface area (TPSA) is 49.4 Å². The normalized spacial score (nSPS) is 10.4. The van der Waals surface area contributed by atoms with Crippen molar-refractivity contribution in [2.75, 3.05) is 7.05 Å². The number of carbonyl (C=O) groups is 2. The van der Waals surface area contributed by atoms with Crippen LogP contribution in [0, 0.1) is 0 Å². The Morgan fingerprint density at radius 2 is 1.45 bits per heavy atom. The molecule has 0 spiro atoms. The molecule has 0 aliphatic rings. The lowest BCUT2D eigenvalue weighted by Gasteiger charge is -2.24. The summed E-state index contributed by atoms with van der Waals surface area (Å²) in [5.74, 6) is -0.297. The van der Waals surface area contributed by atoms with E-state index in [-0.39, 0.29) is 11.9 Å². The fraction of sp³-hybridized carbons (Fsp3) is 0.222. The Morgan fingerprint density at radius 3 is 1.95 bits per heavy atom. The standard InChI is InChI=1S/C18H20N2O2/c1-13(2)20(18(22)19-3)17(21)16-11-9-15(10-12-16)14-7-5-4-6-8-14/h4-13H,1-3H3,(H,19,22). The first-order valence-corrected chi connectivity index (χ1v) is 7.25. The Labute approximate surface area is 130 Å². The van der Waals surface area contributed by atoms with Gasteiger partial charge in [0.25, 0.3) is 5.91 Å². The van der Waals surface area contributed by atoms with Gasteiger partial charge in [-0.15, -0.1) is 0 Å². The van der Waals surface area contributed by atoms with Crippen molar-refractivity contribution in [3.05, 3.63) is 60.2 Å². The maximum absolute atomic E-state index is 12.5. The van der Waals surface area contributed by atoms with Gasteiger partial charge >= 0.3 is 6.03 Å². The summed E-state index contributed by atoms with van der Waals surface area (Å²) in [5.41, 5.74) is 2.62. The molecule has 0 aliphatic carbocycles. The number of nitrogens with one attached hydrogen (secondary N) is 1. The average molecular weight is 296 g/mol. The number of amides is 3. The summed E-state index contributed by atoms with van der Waals surface area (Å²) in [6.45, 7) is 3.62. The maximum Gasteiger partial charge on any atom is 0.324 e. The molecular formula is C18H20N2O2. The average Bonchev–Trinajstić information content (AvgIpc) is 2.55. The molecule has 0 atom stereocenters. The highest BCUT2D eigenvalue weighted by molar-refractivity contribution is 6.04. The van der Waals surface area contributed by atoms with Crippen LogP contribution < -0.4 is 5.32 Å². The second kappa shape index (κ2) is 6.89. The van der Waals surface area contributed by atoms with Crippen molar-refractivity contribution in [2.45, 2.75) is 19.9 Å². The van der Waals surface area contributed by atoms with Crippen LogP contribution in [0.2, 0.25) is 0 Å². The highest BCUT2D eigenvalue weighted by atomic mass is 16.2. The molecule has 114 valence electrons. The maximum atomic E-state index is 12.5. The van der Waals surface area contributed by atoms with E-state index in [1.165, 1.54) is 11.9 Å². The van der Waals surface area contributed by atoms with E-state index in [1.54, 1.807) is 12.1 Å². The highest BCUT2D eigenvalue weighted by Gasteiger charge is 2.24. The van der Waals surface area contributed by atoms with Crippen molar-refractivity contribution in [3.63, 3.8) is 0 Å². The van der Waals surface area contributed by atoms with Gasteiger partial charge in [-0.25, -0.2) is 4.79 Å². The number of nitrogens with zero attached hydrogens (tertiary/aromatic N) is 1. The van der Waals surface area contributed by atoms with E-state index in [1.807, 2.05) is 56.3 Å². The molecule has 2 rings (SSSR count). The van der Waals surface area contributed by atoms with Gasteiger partial charge in [-0.1, -0.05) is 42.5 Å². The molecule has 0 bridgehead atoms. The Balaban J connectivity index is 2.26. The van der Waals surface area contributed by atoms with E-state index in [9.17, 15) is 9.59 Å². The second-order valence-corrected chi connectivity index (χ2v) is 5.27. The van der Waals surface area contributed by atoms with Crippen molar-refractivity contribution in [2.24, 2.45) is 0 Å². The Bertz CT molecular complexity index is 649. The van der Waals surface area contributed by atoms with Gasteiger partial charge in [-0.3, -0.25) is 9.69 Å². The smallest absolute Gasteiger partial charge is 0.324 e. The number of carbonyl (C=O) groups excluding carboxylic acids is 2. The van der Waals surface area contributed by atoms with Crippen molar-refractivity contribution < 1.29 is 9.59 Å². The summed E-state index contributed by atoms with van der Waals surface area (Å²) in [5, 5.41) is 2.50. The number of benzene rings is 2. The summed E-state index contributed by atoms with van der Waals surface area (Å²) in [7, 11) is 1.52. The lowest BCUT2D eigenvalue weighted by molar-refractivity contribution is 0.0764.